The number of hydrogen-bond donors (Lipinski definition) is 1. The second-order valence-corrected chi connectivity index (χ2v) is 5.08. The quantitative estimate of drug-likeness (QED) is 0.584. The molecule has 1 heteroatoms. The molecule has 0 aromatic heterocycles. The van der Waals surface area contributed by atoms with Gasteiger partial charge in [-0.25, -0.2) is 0 Å². The van der Waals surface area contributed by atoms with Crippen molar-refractivity contribution in [2.45, 2.75) is 51.5 Å². The van der Waals surface area contributed by atoms with Gasteiger partial charge in [0.15, 0.2) is 0 Å². The highest BCUT2D eigenvalue weighted by Gasteiger charge is 2.39. The van der Waals surface area contributed by atoms with Gasteiger partial charge in [-0.2, -0.15) is 0 Å². The van der Waals surface area contributed by atoms with Crippen LogP contribution in [0.25, 0.3) is 0 Å². The molecule has 1 aliphatic heterocycles. The van der Waals surface area contributed by atoms with Gasteiger partial charge in [-0.1, -0.05) is 19.8 Å². The van der Waals surface area contributed by atoms with Gasteiger partial charge >= 0.3 is 0 Å². The summed E-state index contributed by atoms with van der Waals surface area (Å²) in [7, 11) is 0. The van der Waals surface area contributed by atoms with E-state index in [0.29, 0.717) is 5.54 Å². The topological polar surface area (TPSA) is 12.0 Å². The van der Waals surface area contributed by atoms with Crippen LogP contribution in [-0.2, 0) is 0 Å². The van der Waals surface area contributed by atoms with Crippen molar-refractivity contribution in [2.75, 3.05) is 6.54 Å². The Morgan fingerprint density at radius 1 is 1.33 bits per heavy atom. The van der Waals surface area contributed by atoms with Crippen LogP contribution < -0.4 is 5.32 Å². The monoisotopic (exact) mass is 167 g/mol. The van der Waals surface area contributed by atoms with Crippen molar-refractivity contribution in [3.63, 3.8) is 0 Å². The lowest BCUT2D eigenvalue weighted by molar-refractivity contribution is 0.0934. The smallest absolute Gasteiger partial charge is 0.0181 e. The van der Waals surface area contributed by atoms with Crippen LogP contribution in [0.1, 0.15) is 46.0 Å². The van der Waals surface area contributed by atoms with Gasteiger partial charge in [0.05, 0.1) is 0 Å². The van der Waals surface area contributed by atoms with Crippen LogP contribution >= 0.6 is 0 Å². The van der Waals surface area contributed by atoms with Gasteiger partial charge in [-0.05, 0) is 44.6 Å². The first-order valence-corrected chi connectivity index (χ1v) is 5.46. The summed E-state index contributed by atoms with van der Waals surface area (Å²) in [5.41, 5.74) is 0.505. The van der Waals surface area contributed by atoms with Crippen LogP contribution in [0.15, 0.2) is 0 Å². The fraction of sp³-hybridized carbons (Fsp3) is 1.00. The Bertz CT molecular complexity index is 166. The molecule has 1 nitrogen and oxygen atoms in total. The van der Waals surface area contributed by atoms with Crippen molar-refractivity contribution in [1.29, 1.82) is 0 Å². The number of nitrogens with one attached hydrogen (secondary N) is 1. The molecule has 1 saturated heterocycles. The molecule has 2 fully saturated rings. The molecule has 0 bridgehead atoms. The molecule has 70 valence electrons. The molecular weight excluding hydrogens is 146 g/mol. The van der Waals surface area contributed by atoms with Gasteiger partial charge in [0.2, 0.25) is 0 Å². The summed E-state index contributed by atoms with van der Waals surface area (Å²) >= 11 is 0. The first kappa shape index (κ1) is 8.55. The molecule has 0 aromatic rings. The van der Waals surface area contributed by atoms with Gasteiger partial charge in [0, 0.05) is 5.54 Å². The normalized spacial score (nSPS) is 48.5. The fourth-order valence-electron chi connectivity index (χ4n) is 2.99. The molecule has 0 amide bonds. The van der Waals surface area contributed by atoms with E-state index in [-0.39, 0.29) is 0 Å². The molecule has 1 N–H and O–H groups in total. The van der Waals surface area contributed by atoms with E-state index in [1.165, 1.54) is 38.6 Å². The summed E-state index contributed by atoms with van der Waals surface area (Å²) in [4.78, 5) is 0. The predicted octanol–water partition coefficient (Wildman–Crippen LogP) is 2.56. The summed E-state index contributed by atoms with van der Waals surface area (Å²) in [6, 6.07) is 0. The maximum absolute atomic E-state index is 3.75. The minimum Gasteiger partial charge on any atom is -0.311 e. The third-order valence-corrected chi connectivity index (χ3v) is 3.94. The SMILES string of the molecule is CC1CNC2(C)CCCCC2C1. The molecule has 3 unspecified atom stereocenters. The van der Waals surface area contributed by atoms with Crippen molar-refractivity contribution in [1.82, 2.24) is 5.32 Å². The number of hydrogen-bond acceptors (Lipinski definition) is 1. The molecule has 1 aliphatic carbocycles. The maximum atomic E-state index is 3.75. The number of rotatable bonds is 0. The van der Waals surface area contributed by atoms with Crippen LogP contribution in [0.4, 0.5) is 0 Å². The van der Waals surface area contributed by atoms with E-state index in [1.807, 2.05) is 0 Å². The average Bonchev–Trinajstić information content (AvgIpc) is 2.06. The Morgan fingerprint density at radius 3 is 3.00 bits per heavy atom. The Morgan fingerprint density at radius 2 is 2.17 bits per heavy atom. The second kappa shape index (κ2) is 3.02. The number of fused-ring (bicyclic) bond motifs is 1. The van der Waals surface area contributed by atoms with E-state index in [9.17, 15) is 0 Å². The Labute approximate surface area is 75.9 Å². The standard InChI is InChI=1S/C11H21N/c1-9-7-10-5-3-4-6-11(10,2)12-8-9/h9-10,12H,3-8H2,1-2H3. The molecule has 3 atom stereocenters. The summed E-state index contributed by atoms with van der Waals surface area (Å²) in [5.74, 6) is 1.87. The van der Waals surface area contributed by atoms with E-state index in [2.05, 4.69) is 19.2 Å². The molecule has 0 spiro atoms. The summed E-state index contributed by atoms with van der Waals surface area (Å²) < 4.78 is 0. The Kier molecular flexibility index (Phi) is 2.16. The maximum Gasteiger partial charge on any atom is 0.0181 e. The van der Waals surface area contributed by atoms with Crippen molar-refractivity contribution < 1.29 is 0 Å². The minimum atomic E-state index is 0.505. The summed E-state index contributed by atoms with van der Waals surface area (Å²) in [5, 5.41) is 3.75. The molecule has 2 aliphatic rings. The van der Waals surface area contributed by atoms with Crippen LogP contribution in [0.3, 0.4) is 0 Å². The number of piperidine rings is 1. The third kappa shape index (κ3) is 1.39. The molecule has 12 heavy (non-hydrogen) atoms. The van der Waals surface area contributed by atoms with Crippen molar-refractivity contribution in [3.05, 3.63) is 0 Å². The summed E-state index contributed by atoms with van der Waals surface area (Å²) in [6.07, 6.45) is 7.24. The second-order valence-electron chi connectivity index (χ2n) is 5.08. The highest BCUT2D eigenvalue weighted by Crippen LogP contribution is 2.39. The van der Waals surface area contributed by atoms with E-state index in [4.69, 9.17) is 0 Å². The van der Waals surface area contributed by atoms with Crippen LogP contribution in [0.2, 0.25) is 0 Å². The van der Waals surface area contributed by atoms with Crippen molar-refractivity contribution >= 4 is 0 Å². The van der Waals surface area contributed by atoms with Gasteiger partial charge in [0.25, 0.3) is 0 Å². The summed E-state index contributed by atoms with van der Waals surface area (Å²) in [6.45, 7) is 6.05. The lowest BCUT2D eigenvalue weighted by Gasteiger charge is -2.48. The lowest BCUT2D eigenvalue weighted by atomic mass is 9.68. The van der Waals surface area contributed by atoms with E-state index < -0.39 is 0 Å². The zero-order valence-corrected chi connectivity index (χ0v) is 8.40. The van der Waals surface area contributed by atoms with E-state index in [0.717, 1.165) is 11.8 Å². The zero-order chi connectivity index (χ0) is 8.60. The highest BCUT2D eigenvalue weighted by atomic mass is 15.0. The highest BCUT2D eigenvalue weighted by molar-refractivity contribution is 4.97. The predicted molar refractivity (Wildman–Crippen MR) is 52.1 cm³/mol. The molecule has 1 saturated carbocycles. The molecule has 0 radical (unpaired) electrons. The van der Waals surface area contributed by atoms with Gasteiger partial charge < -0.3 is 5.32 Å². The fourth-order valence-corrected chi connectivity index (χ4v) is 2.99. The largest absolute Gasteiger partial charge is 0.311 e. The van der Waals surface area contributed by atoms with Gasteiger partial charge in [-0.3, -0.25) is 0 Å². The molecular formula is C11H21N. The van der Waals surface area contributed by atoms with Crippen molar-refractivity contribution in [2.24, 2.45) is 11.8 Å². The van der Waals surface area contributed by atoms with Crippen molar-refractivity contribution in [3.8, 4) is 0 Å². The lowest BCUT2D eigenvalue weighted by Crippen LogP contribution is -2.56. The molecule has 0 aromatic carbocycles. The third-order valence-electron chi connectivity index (χ3n) is 3.94. The van der Waals surface area contributed by atoms with Gasteiger partial charge in [0.1, 0.15) is 0 Å². The first-order chi connectivity index (χ1) is 5.71. The van der Waals surface area contributed by atoms with Crippen LogP contribution in [0.5, 0.6) is 0 Å². The van der Waals surface area contributed by atoms with Crippen LogP contribution in [-0.4, -0.2) is 12.1 Å². The van der Waals surface area contributed by atoms with E-state index in [1.54, 1.807) is 0 Å². The van der Waals surface area contributed by atoms with Crippen LogP contribution in [0, 0.1) is 11.8 Å². The zero-order valence-electron chi connectivity index (χ0n) is 8.40. The van der Waals surface area contributed by atoms with Gasteiger partial charge in [-0.15, -0.1) is 0 Å². The first-order valence-electron chi connectivity index (χ1n) is 5.46. The minimum absolute atomic E-state index is 0.505. The Hall–Kier alpha value is -0.0400. The molecule has 1 heterocycles. The molecule has 2 rings (SSSR count). The van der Waals surface area contributed by atoms with E-state index >= 15 is 0 Å². The Balaban J connectivity index is 2.06. The average molecular weight is 167 g/mol.